The van der Waals surface area contributed by atoms with Gasteiger partial charge in [0.1, 0.15) is 11.4 Å². The van der Waals surface area contributed by atoms with Gasteiger partial charge in [-0.3, -0.25) is 9.59 Å². The lowest BCUT2D eigenvalue weighted by Crippen LogP contribution is -2.72. The maximum Gasteiger partial charge on any atom is 0.161 e. The lowest BCUT2D eigenvalue weighted by Gasteiger charge is -2.67. The Labute approximate surface area is 177 Å². The van der Waals surface area contributed by atoms with Gasteiger partial charge in [-0.2, -0.15) is 5.26 Å². The van der Waals surface area contributed by atoms with E-state index in [1.165, 1.54) is 0 Å². The predicted molar refractivity (Wildman–Crippen MR) is 115 cm³/mol. The number of carbonyl (C=O) groups excluding carboxylic acids is 2. The fourth-order valence-corrected chi connectivity index (χ4v) is 6.98. The van der Waals surface area contributed by atoms with E-state index in [-0.39, 0.29) is 22.0 Å². The summed E-state index contributed by atoms with van der Waals surface area (Å²) < 4.78 is 5.94. The first kappa shape index (κ1) is 24.1. The Morgan fingerprint density at radius 1 is 1.31 bits per heavy atom. The van der Waals surface area contributed by atoms with Crippen LogP contribution in [-0.4, -0.2) is 23.8 Å². The molecule has 0 aromatic carbocycles. The highest BCUT2D eigenvalue weighted by molar-refractivity contribution is 5.87. The molecule has 0 aromatic heterocycles. The lowest BCUT2D eigenvalue weighted by atomic mass is 9.44. The van der Waals surface area contributed by atoms with E-state index in [9.17, 15) is 14.9 Å². The van der Waals surface area contributed by atoms with E-state index in [1.54, 1.807) is 6.92 Å². The summed E-state index contributed by atoms with van der Waals surface area (Å²) in [7, 11) is 0. The zero-order valence-corrected chi connectivity index (χ0v) is 19.7. The van der Waals surface area contributed by atoms with Gasteiger partial charge in [-0.25, -0.2) is 0 Å². The van der Waals surface area contributed by atoms with Crippen LogP contribution >= 0.6 is 0 Å². The van der Waals surface area contributed by atoms with Crippen molar-refractivity contribution in [2.45, 2.75) is 105 Å². The van der Waals surface area contributed by atoms with Crippen LogP contribution in [0.3, 0.4) is 0 Å². The summed E-state index contributed by atoms with van der Waals surface area (Å²) in [6.07, 6.45) is 6.89. The summed E-state index contributed by atoms with van der Waals surface area (Å²) in [6.45, 7) is 14.8. The fraction of sp³-hybridized carbons (Fsp3) is 0.880. The van der Waals surface area contributed by atoms with Crippen LogP contribution in [0.4, 0.5) is 0 Å². The molecule has 4 nitrogen and oxygen atoms in total. The Morgan fingerprint density at radius 2 is 1.97 bits per heavy atom. The molecule has 3 aliphatic rings. The van der Waals surface area contributed by atoms with Gasteiger partial charge in [0.2, 0.25) is 0 Å². The molecule has 3 unspecified atom stereocenters. The van der Waals surface area contributed by atoms with Crippen molar-refractivity contribution in [3.05, 3.63) is 0 Å². The molecular formula is C25H41NO3. The number of ketones is 2. The number of nitrogens with zero attached hydrogens (tertiary/aromatic N) is 1. The van der Waals surface area contributed by atoms with Gasteiger partial charge in [0.05, 0.1) is 12.7 Å². The fourth-order valence-electron chi connectivity index (χ4n) is 6.98. The van der Waals surface area contributed by atoms with E-state index < -0.39 is 5.60 Å². The van der Waals surface area contributed by atoms with Crippen molar-refractivity contribution in [2.75, 3.05) is 6.61 Å². The second kappa shape index (κ2) is 8.50. The molecule has 3 rings (SSSR count). The third kappa shape index (κ3) is 3.29. The molecule has 0 bridgehead atoms. The Bertz CT molecular complexity index is 678. The molecule has 1 saturated heterocycles. The van der Waals surface area contributed by atoms with Crippen molar-refractivity contribution in [2.24, 2.45) is 28.1 Å². The molecule has 1 aliphatic heterocycles. The normalized spacial score (nSPS) is 40.6. The van der Waals surface area contributed by atoms with Crippen molar-refractivity contribution in [3.8, 4) is 6.07 Å². The number of fused-ring (bicyclic) bond motifs is 1. The Balaban J connectivity index is 0.00000145. The van der Waals surface area contributed by atoms with E-state index >= 15 is 0 Å². The van der Waals surface area contributed by atoms with Crippen LogP contribution in [0.5, 0.6) is 0 Å². The summed E-state index contributed by atoms with van der Waals surface area (Å²) in [6, 6.07) is 2.34. The second-order valence-electron chi connectivity index (χ2n) is 9.94. The van der Waals surface area contributed by atoms with Gasteiger partial charge in [-0.05, 0) is 69.6 Å². The number of ether oxygens (including phenoxy) is 1. The largest absolute Gasteiger partial charge is 0.366 e. The first-order valence-corrected chi connectivity index (χ1v) is 11.7. The number of hydrogen-bond acceptors (Lipinski definition) is 4. The van der Waals surface area contributed by atoms with Gasteiger partial charge in [0.25, 0.3) is 0 Å². The average Bonchev–Trinajstić information content (AvgIpc) is 3.01. The van der Waals surface area contributed by atoms with Crippen LogP contribution in [0.25, 0.3) is 0 Å². The molecule has 0 aromatic rings. The zero-order valence-electron chi connectivity index (χ0n) is 19.7. The maximum atomic E-state index is 12.6. The summed E-state index contributed by atoms with van der Waals surface area (Å²) in [4.78, 5) is 25.0. The minimum atomic E-state index is -0.766. The van der Waals surface area contributed by atoms with Gasteiger partial charge in [-0.15, -0.1) is 0 Å². The Kier molecular flexibility index (Phi) is 7.05. The minimum absolute atomic E-state index is 0.0930. The molecule has 3 fully saturated rings. The van der Waals surface area contributed by atoms with Crippen molar-refractivity contribution in [1.29, 1.82) is 5.26 Å². The highest BCUT2D eigenvalue weighted by atomic mass is 16.5. The van der Waals surface area contributed by atoms with Crippen LogP contribution in [0, 0.1) is 39.4 Å². The number of hydrogen-bond donors (Lipinski definition) is 0. The van der Waals surface area contributed by atoms with Gasteiger partial charge in [0, 0.05) is 23.7 Å². The minimum Gasteiger partial charge on any atom is -0.366 e. The molecule has 0 amide bonds. The van der Waals surface area contributed by atoms with Crippen molar-refractivity contribution >= 4 is 11.6 Å². The van der Waals surface area contributed by atoms with Crippen molar-refractivity contribution in [3.63, 3.8) is 0 Å². The zero-order chi connectivity index (χ0) is 22.1. The quantitative estimate of drug-likeness (QED) is 0.555. The summed E-state index contributed by atoms with van der Waals surface area (Å²) in [5, 5.41) is 9.33. The average molecular weight is 404 g/mol. The molecule has 2 aliphatic carbocycles. The highest BCUT2D eigenvalue weighted by Gasteiger charge is 2.69. The molecule has 0 spiro atoms. The Hall–Kier alpha value is -1.21. The number of nitriles is 1. The van der Waals surface area contributed by atoms with E-state index in [2.05, 4.69) is 26.8 Å². The lowest BCUT2D eigenvalue weighted by molar-refractivity contribution is -0.302. The second-order valence-corrected chi connectivity index (χ2v) is 9.94. The third-order valence-electron chi connectivity index (χ3n) is 9.39. The molecule has 0 N–H and O–H groups in total. The molecule has 29 heavy (non-hydrogen) atoms. The number of Topliss-reactive ketones (excluding diaryl/α,β-unsaturated/α-hetero) is 2. The van der Waals surface area contributed by atoms with Gasteiger partial charge in [-0.1, -0.05) is 34.6 Å². The van der Waals surface area contributed by atoms with Crippen molar-refractivity contribution < 1.29 is 14.3 Å². The highest BCUT2D eigenvalue weighted by Crippen LogP contribution is 2.67. The Morgan fingerprint density at radius 3 is 2.45 bits per heavy atom. The van der Waals surface area contributed by atoms with Crippen molar-refractivity contribution in [1.82, 2.24) is 0 Å². The maximum absolute atomic E-state index is 12.6. The summed E-state index contributed by atoms with van der Waals surface area (Å²) >= 11 is 0. The third-order valence-corrected chi connectivity index (χ3v) is 9.39. The molecule has 0 radical (unpaired) electrons. The summed E-state index contributed by atoms with van der Waals surface area (Å²) in [5.74, 6) is 1.41. The van der Waals surface area contributed by atoms with Crippen LogP contribution in [0.15, 0.2) is 0 Å². The van der Waals surface area contributed by atoms with Gasteiger partial charge >= 0.3 is 0 Å². The van der Waals surface area contributed by atoms with E-state index in [4.69, 9.17) is 4.74 Å². The molecule has 164 valence electrons. The monoisotopic (exact) mass is 403 g/mol. The van der Waals surface area contributed by atoms with E-state index in [0.717, 1.165) is 44.9 Å². The number of rotatable bonds is 6. The van der Waals surface area contributed by atoms with Gasteiger partial charge < -0.3 is 4.74 Å². The number of carbonyl (C=O) groups is 2. The first-order chi connectivity index (χ1) is 13.6. The van der Waals surface area contributed by atoms with Crippen LogP contribution in [0.1, 0.15) is 99.8 Å². The van der Waals surface area contributed by atoms with E-state index in [1.807, 2.05) is 20.8 Å². The topological polar surface area (TPSA) is 67.2 Å². The van der Waals surface area contributed by atoms with Gasteiger partial charge in [0.15, 0.2) is 5.78 Å². The first-order valence-electron chi connectivity index (χ1n) is 11.7. The van der Waals surface area contributed by atoms with E-state index in [0.29, 0.717) is 30.6 Å². The molecule has 2 saturated carbocycles. The van der Waals surface area contributed by atoms with Crippen LogP contribution < -0.4 is 0 Å². The van der Waals surface area contributed by atoms with Crippen LogP contribution in [0.2, 0.25) is 0 Å². The SMILES string of the molecule is CC.CC[C@@]1([C@](C)(CCC#N)C2CCC3(C)C(=O)CCC3C2)CO[C@]1(C)C(C)=O. The molecular weight excluding hydrogens is 362 g/mol. The summed E-state index contributed by atoms with van der Waals surface area (Å²) in [5.41, 5.74) is -1.28. The molecule has 1 heterocycles. The smallest absolute Gasteiger partial charge is 0.161 e. The predicted octanol–water partition coefficient (Wildman–Crippen LogP) is 5.88. The molecule has 6 atom stereocenters. The standard InChI is InChI=1S/C23H35NO3.C2H6/c1-6-23(15-27-22(23,5)16(2)25)21(4,11-7-13-24)18-10-12-20(3)17(14-18)8-9-19(20)26;1-2/h17-18H,6-12,14-15H2,1-5H3;1-2H3/t17?,18?,20?,21-,22-,23+;/m1./s1. The van der Waals surface area contributed by atoms with Crippen LogP contribution in [-0.2, 0) is 14.3 Å². The molecule has 4 heteroatoms.